The summed E-state index contributed by atoms with van der Waals surface area (Å²) < 4.78 is 10.6. The highest BCUT2D eigenvalue weighted by Crippen LogP contribution is 2.34. The fourth-order valence-electron chi connectivity index (χ4n) is 3.70. The number of benzene rings is 1. The number of β-lactam (4-membered cyclic amide) rings is 1. The van der Waals surface area contributed by atoms with Gasteiger partial charge < -0.3 is 19.9 Å². The highest BCUT2D eigenvalue weighted by atomic mass is 35.5. The van der Waals surface area contributed by atoms with Gasteiger partial charge in [-0.3, -0.25) is 24.1 Å². The molecule has 184 valence electrons. The number of amides is 2. The molecule has 0 aliphatic carbocycles. The van der Waals surface area contributed by atoms with Crippen LogP contribution in [0.4, 0.5) is 0 Å². The molecule has 0 bridgehead atoms. The summed E-state index contributed by atoms with van der Waals surface area (Å²) in [7, 11) is 0. The van der Waals surface area contributed by atoms with Gasteiger partial charge in [-0.2, -0.15) is 0 Å². The second-order valence-electron chi connectivity index (χ2n) is 7.92. The fourth-order valence-corrected chi connectivity index (χ4v) is 5.27. The normalized spacial score (nSPS) is 24.8. The molecule has 2 amide bonds. The predicted molar refractivity (Wildman–Crippen MR) is 122 cm³/mol. The fraction of sp³-hybridized carbons (Fsp3) is 0.500. The summed E-state index contributed by atoms with van der Waals surface area (Å²) in [4.78, 5) is 60.9. The number of likely N-dealkylation sites (tertiary alicyclic amines) is 1. The number of halogens is 1. The molecule has 0 radical (unpaired) electrons. The number of carbonyl (C=O) groups is 5. The number of carbonyl (C=O) groups excluding carboxylic acids is 4. The van der Waals surface area contributed by atoms with Crippen LogP contribution in [0.3, 0.4) is 0 Å². The summed E-state index contributed by atoms with van der Waals surface area (Å²) in [6.07, 6.45) is 0.0135. The third-order valence-corrected chi connectivity index (χ3v) is 7.08. The van der Waals surface area contributed by atoms with E-state index in [9.17, 15) is 29.1 Å². The highest BCUT2D eigenvalue weighted by Gasteiger charge is 2.53. The minimum atomic E-state index is -1.63. The molecule has 12 heteroatoms. The van der Waals surface area contributed by atoms with Gasteiger partial charge in [0.1, 0.15) is 24.1 Å². The van der Waals surface area contributed by atoms with Gasteiger partial charge in [-0.1, -0.05) is 41.9 Å². The Morgan fingerprint density at radius 1 is 1.26 bits per heavy atom. The quantitative estimate of drug-likeness (QED) is 0.192. The molecule has 2 N–H and O–H groups in total. The van der Waals surface area contributed by atoms with Crippen LogP contribution in [0.25, 0.3) is 0 Å². The Bertz CT molecular complexity index is 946. The third-order valence-electron chi connectivity index (χ3n) is 5.39. The van der Waals surface area contributed by atoms with Gasteiger partial charge in [0.05, 0.1) is 18.3 Å². The van der Waals surface area contributed by atoms with E-state index in [4.69, 9.17) is 21.1 Å². The number of Topliss-reactive ketones (excluding diaryl/α,β-unsaturated/α-hetero) is 1. The van der Waals surface area contributed by atoms with Crippen LogP contribution in [0.15, 0.2) is 30.3 Å². The standard InChI is InChI=1S/C22H25ClN2O8S/c1-12(26)32-10-14-7-8-16(33-14)15(27)11-34-21-18(20(29)25(21)19(23)22(30)31)24-17(28)9-13-5-3-2-4-6-13/h2-6,14,16,18-19,21H,7-11H2,1H3,(H,24,28)(H,30,31)/t14?,16?,18-,19?,21-/m1/s1. The van der Waals surface area contributed by atoms with Gasteiger partial charge in [0.25, 0.3) is 5.91 Å². The first kappa shape index (κ1) is 26.0. The molecule has 1 aromatic carbocycles. The highest BCUT2D eigenvalue weighted by molar-refractivity contribution is 8.00. The number of hydrogen-bond donors (Lipinski definition) is 2. The smallest absolute Gasteiger partial charge is 0.342 e. The van der Waals surface area contributed by atoms with Gasteiger partial charge in [0, 0.05) is 6.92 Å². The molecule has 3 rings (SSSR count). The van der Waals surface area contributed by atoms with E-state index in [0.717, 1.165) is 22.2 Å². The van der Waals surface area contributed by atoms with Crippen molar-refractivity contribution in [2.75, 3.05) is 12.4 Å². The zero-order chi connectivity index (χ0) is 24.8. The number of hydrogen-bond acceptors (Lipinski definition) is 8. The van der Waals surface area contributed by atoms with E-state index < -0.39 is 46.8 Å². The number of nitrogens with zero attached hydrogens (tertiary/aromatic N) is 1. The number of thioether (sulfide) groups is 1. The van der Waals surface area contributed by atoms with E-state index in [1.54, 1.807) is 24.3 Å². The number of nitrogens with one attached hydrogen (secondary N) is 1. The van der Waals surface area contributed by atoms with Crippen LogP contribution in [0, 0.1) is 0 Å². The van der Waals surface area contributed by atoms with Crippen molar-refractivity contribution in [1.29, 1.82) is 0 Å². The Morgan fingerprint density at radius 3 is 2.62 bits per heavy atom. The first-order valence-corrected chi connectivity index (χ1v) is 12.1. The number of alkyl halides is 1. The molecule has 0 spiro atoms. The Morgan fingerprint density at radius 2 is 1.97 bits per heavy atom. The molecule has 5 atom stereocenters. The van der Waals surface area contributed by atoms with E-state index in [2.05, 4.69) is 5.32 Å². The lowest BCUT2D eigenvalue weighted by Gasteiger charge is -2.47. The number of aliphatic carboxylic acids is 1. The van der Waals surface area contributed by atoms with Crippen molar-refractivity contribution in [2.24, 2.45) is 0 Å². The molecule has 2 heterocycles. The zero-order valence-electron chi connectivity index (χ0n) is 18.3. The molecule has 2 aliphatic rings. The van der Waals surface area contributed by atoms with Gasteiger partial charge in [-0.15, -0.1) is 11.8 Å². The minimum Gasteiger partial charge on any atom is -0.479 e. The number of esters is 1. The number of carboxylic acid groups (broad SMARTS) is 1. The largest absolute Gasteiger partial charge is 0.479 e. The Balaban J connectivity index is 1.58. The molecule has 0 aromatic heterocycles. The van der Waals surface area contributed by atoms with Crippen LogP contribution in [0.2, 0.25) is 0 Å². The second-order valence-corrected chi connectivity index (χ2v) is 9.44. The van der Waals surface area contributed by atoms with Crippen molar-refractivity contribution in [3.63, 3.8) is 0 Å². The topological polar surface area (TPSA) is 139 Å². The minimum absolute atomic E-state index is 0.0454. The molecule has 1 aromatic rings. The van der Waals surface area contributed by atoms with Crippen molar-refractivity contribution >= 4 is 52.9 Å². The van der Waals surface area contributed by atoms with Crippen LogP contribution in [0.1, 0.15) is 25.3 Å². The molecule has 10 nitrogen and oxygen atoms in total. The first-order valence-electron chi connectivity index (χ1n) is 10.6. The van der Waals surface area contributed by atoms with E-state index in [-0.39, 0.29) is 30.7 Å². The van der Waals surface area contributed by atoms with Crippen LogP contribution in [-0.4, -0.2) is 81.0 Å². The average Bonchev–Trinajstić information content (AvgIpc) is 3.28. The van der Waals surface area contributed by atoms with Crippen molar-refractivity contribution in [3.8, 4) is 0 Å². The van der Waals surface area contributed by atoms with Gasteiger partial charge >= 0.3 is 11.9 Å². The molecule has 3 unspecified atom stereocenters. The van der Waals surface area contributed by atoms with Crippen LogP contribution in [-0.2, 0) is 39.9 Å². The SMILES string of the molecule is CC(=O)OCC1CCC(C(=O)CS[C@@H]2[C@H](NC(=O)Cc3ccccc3)C(=O)N2C(Cl)C(=O)O)O1. The Hall–Kier alpha value is -2.63. The van der Waals surface area contributed by atoms with Crippen molar-refractivity contribution in [1.82, 2.24) is 10.2 Å². The second kappa shape index (κ2) is 11.7. The van der Waals surface area contributed by atoms with Crippen molar-refractivity contribution in [2.45, 2.75) is 55.3 Å². The number of ether oxygens (including phenoxy) is 2. The maximum absolute atomic E-state index is 12.6. The molecule has 2 saturated heterocycles. The van der Waals surface area contributed by atoms with Gasteiger partial charge in [-0.25, -0.2) is 4.79 Å². The van der Waals surface area contributed by atoms with Gasteiger partial charge in [0.2, 0.25) is 11.4 Å². The lowest BCUT2D eigenvalue weighted by molar-refractivity contribution is -0.157. The van der Waals surface area contributed by atoms with E-state index in [1.165, 1.54) is 6.92 Å². The lowest BCUT2D eigenvalue weighted by Crippen LogP contribution is -2.72. The summed E-state index contributed by atoms with van der Waals surface area (Å²) in [6.45, 7) is 1.36. The van der Waals surface area contributed by atoms with Crippen molar-refractivity contribution < 1.29 is 38.6 Å². The third kappa shape index (κ3) is 6.49. The molecule has 0 saturated carbocycles. The maximum atomic E-state index is 12.6. The number of carboxylic acids is 1. The van der Waals surface area contributed by atoms with Crippen molar-refractivity contribution in [3.05, 3.63) is 35.9 Å². The molecule has 34 heavy (non-hydrogen) atoms. The monoisotopic (exact) mass is 512 g/mol. The Kier molecular flexibility index (Phi) is 8.92. The summed E-state index contributed by atoms with van der Waals surface area (Å²) >= 11 is 6.91. The summed E-state index contributed by atoms with van der Waals surface area (Å²) in [6, 6.07) is 7.93. The van der Waals surface area contributed by atoms with Crippen LogP contribution in [0.5, 0.6) is 0 Å². The Labute approximate surface area is 205 Å². The van der Waals surface area contributed by atoms with E-state index >= 15 is 0 Å². The molecular formula is C22H25ClN2O8S. The average molecular weight is 513 g/mol. The molecule has 2 aliphatic heterocycles. The van der Waals surface area contributed by atoms with Gasteiger partial charge in [-0.05, 0) is 18.4 Å². The molecular weight excluding hydrogens is 488 g/mol. The first-order chi connectivity index (χ1) is 16.2. The molecule has 2 fully saturated rings. The predicted octanol–water partition coefficient (Wildman–Crippen LogP) is 0.945. The summed E-state index contributed by atoms with van der Waals surface area (Å²) in [5, 5.41) is 11.0. The van der Waals surface area contributed by atoms with E-state index in [1.807, 2.05) is 6.07 Å². The maximum Gasteiger partial charge on any atom is 0.342 e. The van der Waals surface area contributed by atoms with E-state index in [0.29, 0.717) is 12.8 Å². The summed E-state index contributed by atoms with van der Waals surface area (Å²) in [5.41, 5.74) is -0.872. The lowest BCUT2D eigenvalue weighted by atomic mass is 10.1. The van der Waals surface area contributed by atoms with Crippen LogP contribution >= 0.6 is 23.4 Å². The van der Waals surface area contributed by atoms with Gasteiger partial charge in [0.15, 0.2) is 5.78 Å². The number of rotatable bonds is 11. The van der Waals surface area contributed by atoms with Crippen LogP contribution < -0.4 is 5.32 Å². The zero-order valence-corrected chi connectivity index (χ0v) is 19.9. The summed E-state index contributed by atoms with van der Waals surface area (Å²) in [5.74, 6) is -3.20. The number of ketones is 1.